The Morgan fingerprint density at radius 1 is 1.26 bits per heavy atom. The lowest BCUT2D eigenvalue weighted by atomic mass is 9.92. The third kappa shape index (κ3) is 4.41. The van der Waals surface area contributed by atoms with Gasteiger partial charge >= 0.3 is 0 Å². The first-order chi connectivity index (χ1) is 14.9. The molecule has 3 N–H and O–H groups in total. The molecule has 0 saturated carbocycles. The molecule has 2 amide bonds. The number of hydrogen-bond donors (Lipinski definition) is 3. The van der Waals surface area contributed by atoms with E-state index in [-0.39, 0.29) is 34.8 Å². The smallest absolute Gasteiger partial charge is 0.258 e. The van der Waals surface area contributed by atoms with Gasteiger partial charge in [0.2, 0.25) is 17.8 Å². The predicted molar refractivity (Wildman–Crippen MR) is 121 cm³/mol. The van der Waals surface area contributed by atoms with Crippen LogP contribution in [0.25, 0.3) is 0 Å². The molecule has 0 aliphatic carbocycles. The highest BCUT2D eigenvalue weighted by atomic mass is 35.5. The van der Waals surface area contributed by atoms with Crippen molar-refractivity contribution >= 4 is 52.5 Å². The highest BCUT2D eigenvalue weighted by Crippen LogP contribution is 2.32. The summed E-state index contributed by atoms with van der Waals surface area (Å²) in [6.45, 7) is 2.89. The van der Waals surface area contributed by atoms with Crippen LogP contribution >= 0.6 is 23.2 Å². The van der Waals surface area contributed by atoms with Gasteiger partial charge in [-0.1, -0.05) is 30.1 Å². The average Bonchev–Trinajstić information content (AvgIpc) is 2.75. The number of carbonyl (C=O) groups excluding carboxylic acids is 2. The van der Waals surface area contributed by atoms with E-state index in [1.807, 2.05) is 0 Å². The molecule has 1 fully saturated rings. The molecule has 3 heterocycles. The summed E-state index contributed by atoms with van der Waals surface area (Å²) in [4.78, 5) is 47.7. The highest BCUT2D eigenvalue weighted by Gasteiger charge is 2.35. The van der Waals surface area contributed by atoms with Crippen LogP contribution in [0.4, 0.5) is 17.5 Å². The molecule has 0 spiro atoms. The second-order valence-corrected chi connectivity index (χ2v) is 8.64. The zero-order valence-corrected chi connectivity index (χ0v) is 18.5. The second kappa shape index (κ2) is 8.88. The van der Waals surface area contributed by atoms with Crippen molar-refractivity contribution in [2.24, 2.45) is 0 Å². The van der Waals surface area contributed by atoms with Crippen LogP contribution in [-0.2, 0) is 9.59 Å². The first-order valence-corrected chi connectivity index (χ1v) is 11.1. The summed E-state index contributed by atoms with van der Waals surface area (Å²) >= 11 is 11.9. The molecule has 2 aliphatic rings. The molecule has 31 heavy (non-hydrogen) atoms. The minimum Gasteiger partial charge on any atom is -0.339 e. The summed E-state index contributed by atoms with van der Waals surface area (Å²) in [5.41, 5.74) is 0.160. The molecule has 0 unspecified atom stereocenters. The third-order valence-corrected chi connectivity index (χ3v) is 6.55. The quantitative estimate of drug-likeness (QED) is 0.636. The van der Waals surface area contributed by atoms with Crippen molar-refractivity contribution in [1.82, 2.24) is 9.97 Å². The molecule has 4 rings (SSSR count). The summed E-state index contributed by atoms with van der Waals surface area (Å²) in [5, 5.41) is 6.02. The third-order valence-electron chi connectivity index (χ3n) is 5.81. The normalized spacial score (nSPS) is 20.7. The number of rotatable bonds is 4. The fraction of sp³-hybridized carbons (Fsp3) is 0.429. The zero-order chi connectivity index (χ0) is 22.1. The van der Waals surface area contributed by atoms with Gasteiger partial charge in [-0.3, -0.25) is 19.4 Å². The number of hydrogen-bond acceptors (Lipinski definition) is 5. The minimum atomic E-state index is -0.966. The molecule has 10 heteroatoms. The summed E-state index contributed by atoms with van der Waals surface area (Å²) in [6.07, 6.45) is 3.96. The maximum absolute atomic E-state index is 13.0. The molecule has 8 nitrogen and oxygen atoms in total. The van der Waals surface area contributed by atoms with Crippen LogP contribution in [0.3, 0.4) is 0 Å². The van der Waals surface area contributed by atoms with E-state index in [4.69, 9.17) is 23.2 Å². The van der Waals surface area contributed by atoms with Crippen LogP contribution in [0, 0.1) is 0 Å². The molecule has 0 radical (unpaired) electrons. The molecule has 164 valence electrons. The highest BCUT2D eigenvalue weighted by molar-refractivity contribution is 6.42. The number of carbonyl (C=O) groups is 2. The minimum absolute atomic E-state index is 0.143. The van der Waals surface area contributed by atoms with Crippen LogP contribution in [0.15, 0.2) is 23.0 Å². The van der Waals surface area contributed by atoms with E-state index in [0.717, 1.165) is 32.2 Å². The number of H-pyrrole nitrogens is 1. The van der Waals surface area contributed by atoms with Gasteiger partial charge in [0.15, 0.2) is 0 Å². The van der Waals surface area contributed by atoms with Crippen molar-refractivity contribution in [1.29, 1.82) is 0 Å². The van der Waals surface area contributed by atoms with Crippen molar-refractivity contribution in [3.05, 3.63) is 44.2 Å². The summed E-state index contributed by atoms with van der Waals surface area (Å²) in [6, 6.07) is 4.95. The number of fused-ring (bicyclic) bond motifs is 1. The first-order valence-electron chi connectivity index (χ1n) is 10.3. The van der Waals surface area contributed by atoms with Gasteiger partial charge in [-0.05, 0) is 43.9 Å². The zero-order valence-electron chi connectivity index (χ0n) is 17.0. The number of nitrogens with zero attached hydrogens (tertiary/aromatic N) is 2. The van der Waals surface area contributed by atoms with Gasteiger partial charge in [-0.15, -0.1) is 0 Å². The van der Waals surface area contributed by atoms with Gasteiger partial charge in [-0.25, -0.2) is 0 Å². The maximum atomic E-state index is 13.0. The van der Waals surface area contributed by atoms with Crippen LogP contribution in [0.2, 0.25) is 10.0 Å². The average molecular weight is 464 g/mol. The Morgan fingerprint density at radius 2 is 2.06 bits per heavy atom. The molecule has 1 aromatic carbocycles. The Kier molecular flexibility index (Phi) is 6.20. The van der Waals surface area contributed by atoms with Crippen LogP contribution in [0.5, 0.6) is 0 Å². The Morgan fingerprint density at radius 3 is 2.81 bits per heavy atom. The van der Waals surface area contributed by atoms with E-state index in [1.165, 1.54) is 6.07 Å². The van der Waals surface area contributed by atoms with Crippen molar-refractivity contribution in [2.75, 3.05) is 22.1 Å². The van der Waals surface area contributed by atoms with Gasteiger partial charge in [0, 0.05) is 24.7 Å². The molecule has 1 aromatic heterocycles. The molecule has 1 saturated heterocycles. The van der Waals surface area contributed by atoms with E-state index < -0.39 is 17.4 Å². The van der Waals surface area contributed by atoms with Gasteiger partial charge in [0.05, 0.1) is 21.5 Å². The van der Waals surface area contributed by atoms with Gasteiger partial charge < -0.3 is 15.5 Å². The Bertz CT molecular complexity index is 1090. The predicted octanol–water partition coefficient (Wildman–Crippen LogP) is 3.91. The summed E-state index contributed by atoms with van der Waals surface area (Å²) in [5.74, 6) is -1.24. The number of piperidine rings is 1. The van der Waals surface area contributed by atoms with Gasteiger partial charge in [-0.2, -0.15) is 4.98 Å². The fourth-order valence-corrected chi connectivity index (χ4v) is 4.52. The number of aromatic amines is 1. The van der Waals surface area contributed by atoms with Crippen LogP contribution in [0.1, 0.15) is 50.5 Å². The fourth-order valence-electron chi connectivity index (χ4n) is 4.23. The SMILES string of the molecule is CC[C@H]1CCCCN1c1nc2c(c(=O)[nH]1)[C@H](C(=O)Nc1ccc(Cl)c(Cl)c1)CC(=O)N2. The topological polar surface area (TPSA) is 107 Å². The number of benzene rings is 1. The molecule has 2 atom stereocenters. The molecule has 2 aliphatic heterocycles. The van der Waals surface area contributed by atoms with Crippen LogP contribution in [-0.4, -0.2) is 34.4 Å². The molecule has 2 aromatic rings. The summed E-state index contributed by atoms with van der Waals surface area (Å²) < 4.78 is 0. The number of amides is 2. The monoisotopic (exact) mass is 463 g/mol. The number of anilines is 3. The molecule has 0 bridgehead atoms. The van der Waals surface area contributed by atoms with Crippen LogP contribution < -0.4 is 21.1 Å². The van der Waals surface area contributed by atoms with E-state index >= 15 is 0 Å². The van der Waals surface area contributed by atoms with Gasteiger partial charge in [0.25, 0.3) is 5.56 Å². The Hall–Kier alpha value is -2.58. The Balaban J connectivity index is 1.65. The summed E-state index contributed by atoms with van der Waals surface area (Å²) in [7, 11) is 0. The first kappa shape index (κ1) is 21.6. The van der Waals surface area contributed by atoms with Crippen molar-refractivity contribution in [3.63, 3.8) is 0 Å². The number of aromatic nitrogens is 2. The second-order valence-electron chi connectivity index (χ2n) is 7.83. The van der Waals surface area contributed by atoms with E-state index in [1.54, 1.807) is 12.1 Å². The van der Waals surface area contributed by atoms with Gasteiger partial charge in [0.1, 0.15) is 5.82 Å². The molecular weight excluding hydrogens is 441 g/mol. The maximum Gasteiger partial charge on any atom is 0.258 e. The van der Waals surface area contributed by atoms with E-state index in [0.29, 0.717) is 16.7 Å². The number of halogens is 2. The lowest BCUT2D eigenvalue weighted by molar-refractivity contribution is -0.123. The lowest BCUT2D eigenvalue weighted by Gasteiger charge is -2.36. The van der Waals surface area contributed by atoms with Crippen molar-refractivity contribution in [2.45, 2.75) is 51.0 Å². The number of nitrogens with one attached hydrogen (secondary N) is 3. The lowest BCUT2D eigenvalue weighted by Crippen LogP contribution is -2.43. The van der Waals surface area contributed by atoms with E-state index in [9.17, 15) is 14.4 Å². The van der Waals surface area contributed by atoms with Crippen molar-refractivity contribution in [3.8, 4) is 0 Å². The van der Waals surface area contributed by atoms with E-state index in [2.05, 4.69) is 32.4 Å². The molecular formula is C21H23Cl2N5O3. The van der Waals surface area contributed by atoms with Crippen molar-refractivity contribution < 1.29 is 9.59 Å². The largest absolute Gasteiger partial charge is 0.339 e. The Labute approximate surface area is 189 Å². The standard InChI is InChI=1S/C21H23Cl2N5O3/c1-2-12-5-3-4-8-28(12)21-26-18-17(20(31)27-21)13(10-16(29)25-18)19(30)24-11-6-7-14(22)15(23)9-11/h6-7,9,12-13H,2-5,8,10H2,1H3,(H,24,30)(H2,25,26,27,29,31)/t12-,13+/m0/s1.